The summed E-state index contributed by atoms with van der Waals surface area (Å²) in [5, 5.41) is 28.4. The lowest BCUT2D eigenvalue weighted by Gasteiger charge is -2.49. The van der Waals surface area contributed by atoms with Gasteiger partial charge in [-0.15, -0.1) is 0 Å². The highest BCUT2D eigenvalue weighted by atomic mass is 19.3. The Hall–Kier alpha value is -3.85. The van der Waals surface area contributed by atoms with Crippen molar-refractivity contribution in [2.24, 2.45) is 21.5 Å². The second kappa shape index (κ2) is 8.32. The summed E-state index contributed by atoms with van der Waals surface area (Å²) in [5.41, 5.74) is 10.0. The monoisotopic (exact) mass is 546 g/mol. The first-order valence-electron chi connectivity index (χ1n) is 12.7. The molecule has 13 nitrogen and oxygen atoms in total. The van der Waals surface area contributed by atoms with Crippen molar-refractivity contribution in [3.05, 3.63) is 34.9 Å². The fourth-order valence-electron chi connectivity index (χ4n) is 6.54. The van der Waals surface area contributed by atoms with Gasteiger partial charge in [0.1, 0.15) is 12.1 Å². The van der Waals surface area contributed by atoms with Crippen molar-refractivity contribution in [1.82, 2.24) is 20.4 Å². The van der Waals surface area contributed by atoms with Gasteiger partial charge in [-0.05, 0) is 24.5 Å². The number of fused-ring (bicyclic) bond motifs is 1. The molecule has 0 radical (unpaired) electrons. The average Bonchev–Trinajstić information content (AvgIpc) is 3.46. The first-order valence-corrected chi connectivity index (χ1v) is 12.7. The molecule has 1 aromatic carbocycles. The van der Waals surface area contributed by atoms with Crippen molar-refractivity contribution >= 4 is 29.6 Å². The molecule has 0 bridgehead atoms. The molecule has 4 aliphatic heterocycles. The number of aliphatic hydroxyl groups is 2. The molecule has 208 valence electrons. The van der Waals surface area contributed by atoms with Crippen molar-refractivity contribution in [3.63, 3.8) is 0 Å². The quantitative estimate of drug-likeness (QED) is 0.183. The Morgan fingerprint density at radius 1 is 1.15 bits per heavy atom. The first kappa shape index (κ1) is 25.4. The fraction of sp³-hybridized carbons (Fsp3) is 0.542. The number of hydrogen-bond acceptors (Lipinski definition) is 11. The van der Waals surface area contributed by atoms with Gasteiger partial charge in [0.15, 0.2) is 17.6 Å². The Bertz CT molecular complexity index is 1330. The minimum absolute atomic E-state index is 0.0522. The van der Waals surface area contributed by atoms with Crippen LogP contribution in [0.3, 0.4) is 0 Å². The molecule has 5 aliphatic rings. The molecular formula is C24H28F2N8O5. The van der Waals surface area contributed by atoms with Gasteiger partial charge in [-0.1, -0.05) is 12.1 Å². The Balaban J connectivity index is 1.33. The number of nitrogens with one attached hydrogen (secondary N) is 2. The molecule has 1 unspecified atom stereocenters. The number of nitrogens with two attached hydrogens (primary N) is 2. The summed E-state index contributed by atoms with van der Waals surface area (Å²) in [6.45, 7) is -0.491. The van der Waals surface area contributed by atoms with Gasteiger partial charge in [-0.3, -0.25) is 19.3 Å². The van der Waals surface area contributed by atoms with Crippen molar-refractivity contribution in [1.29, 1.82) is 0 Å². The standard InChI is InChI=1S/C24H28F2N8O5/c25-22(26)8-2-4-11-3-1-5-12(17(11)22)19(37)30-14-10-34-21(28)29-13(9-33-15(35)6-7-16(33)36)18-23(34,24(14,38)39)32-20(27)31-18/h1,3,5,13-14,18,38-39H,2,4,6-10H2,(H2,28,29)(H,30,37)(H3,27,31,32)/t13-,14?,18-,23-/m0/s1. The smallest absolute Gasteiger partial charge is 0.274 e. The molecule has 4 atom stereocenters. The summed E-state index contributed by atoms with van der Waals surface area (Å²) in [7, 11) is 0. The zero-order chi connectivity index (χ0) is 27.9. The lowest BCUT2D eigenvalue weighted by atomic mass is 9.84. The topological polar surface area (TPSA) is 199 Å². The highest BCUT2D eigenvalue weighted by Gasteiger charge is 2.73. The molecule has 39 heavy (non-hydrogen) atoms. The van der Waals surface area contributed by atoms with Crippen LogP contribution in [0.15, 0.2) is 28.2 Å². The van der Waals surface area contributed by atoms with Crippen molar-refractivity contribution < 1.29 is 33.4 Å². The number of guanidine groups is 2. The molecule has 4 heterocycles. The number of carbonyl (C=O) groups excluding carboxylic acids is 3. The number of benzene rings is 1. The summed E-state index contributed by atoms with van der Waals surface area (Å²) in [4.78, 5) is 48.8. The SMILES string of the molecule is NC1=N[C@H]2[C@H](CN3C(=O)CCC3=O)N=C(N)N3CC(NC(=O)c4cccc5c4C(F)(F)CCC5)C(O)(O)[C@]23N1. The number of nitrogens with zero attached hydrogens (tertiary/aromatic N) is 4. The van der Waals surface area contributed by atoms with Crippen LogP contribution >= 0.6 is 0 Å². The maximum atomic E-state index is 14.8. The number of carbonyl (C=O) groups is 3. The Morgan fingerprint density at radius 2 is 1.87 bits per heavy atom. The predicted octanol–water partition coefficient (Wildman–Crippen LogP) is -1.96. The van der Waals surface area contributed by atoms with Gasteiger partial charge < -0.3 is 37.2 Å². The third-order valence-corrected chi connectivity index (χ3v) is 8.33. The van der Waals surface area contributed by atoms with Crippen LogP contribution < -0.4 is 22.1 Å². The molecule has 2 saturated heterocycles. The Morgan fingerprint density at radius 3 is 2.59 bits per heavy atom. The van der Waals surface area contributed by atoms with E-state index in [-0.39, 0.29) is 55.4 Å². The molecule has 8 N–H and O–H groups in total. The third kappa shape index (κ3) is 3.52. The van der Waals surface area contributed by atoms with Gasteiger partial charge in [0.25, 0.3) is 11.8 Å². The third-order valence-electron chi connectivity index (χ3n) is 8.33. The maximum Gasteiger partial charge on any atom is 0.274 e. The van der Waals surface area contributed by atoms with E-state index in [9.17, 15) is 33.4 Å². The normalized spacial score (nSPS) is 32.2. The number of imide groups is 1. The first-order chi connectivity index (χ1) is 18.4. The minimum Gasteiger partial charge on any atom is -0.370 e. The molecule has 0 aromatic heterocycles. The van der Waals surface area contributed by atoms with E-state index in [1.165, 1.54) is 17.0 Å². The highest BCUT2D eigenvalue weighted by Crippen LogP contribution is 2.46. The van der Waals surface area contributed by atoms with E-state index in [2.05, 4.69) is 20.6 Å². The number of aliphatic imine (C=N–C) groups is 2. The van der Waals surface area contributed by atoms with Crippen molar-refractivity contribution in [2.45, 2.75) is 67.6 Å². The van der Waals surface area contributed by atoms with Crippen molar-refractivity contribution in [3.8, 4) is 0 Å². The van der Waals surface area contributed by atoms with E-state index in [0.29, 0.717) is 12.0 Å². The van der Waals surface area contributed by atoms with Gasteiger partial charge in [0.05, 0.1) is 12.6 Å². The zero-order valence-corrected chi connectivity index (χ0v) is 20.7. The average molecular weight is 547 g/mol. The van der Waals surface area contributed by atoms with E-state index >= 15 is 0 Å². The Labute approximate surface area is 220 Å². The highest BCUT2D eigenvalue weighted by molar-refractivity contribution is 6.02. The summed E-state index contributed by atoms with van der Waals surface area (Å²) in [5.74, 6) is -8.05. The van der Waals surface area contributed by atoms with Crippen LogP contribution in [0.4, 0.5) is 8.78 Å². The second-order valence-corrected chi connectivity index (χ2v) is 10.6. The summed E-state index contributed by atoms with van der Waals surface area (Å²) in [6, 6.07) is 0.785. The summed E-state index contributed by atoms with van der Waals surface area (Å²) < 4.78 is 29.7. The molecule has 0 saturated carbocycles. The van der Waals surface area contributed by atoms with E-state index in [4.69, 9.17) is 11.5 Å². The van der Waals surface area contributed by atoms with E-state index < -0.39 is 59.6 Å². The second-order valence-electron chi connectivity index (χ2n) is 10.6. The van der Waals surface area contributed by atoms with Gasteiger partial charge in [0, 0.05) is 36.9 Å². The van der Waals surface area contributed by atoms with Gasteiger partial charge >= 0.3 is 0 Å². The number of likely N-dealkylation sites (tertiary alicyclic amines) is 1. The predicted molar refractivity (Wildman–Crippen MR) is 131 cm³/mol. The van der Waals surface area contributed by atoms with Crippen LogP contribution in [-0.4, -0.2) is 92.3 Å². The molecule has 15 heteroatoms. The Kier molecular flexibility index (Phi) is 5.43. The molecule has 3 amide bonds. The molecule has 1 aromatic rings. The lowest BCUT2D eigenvalue weighted by molar-refractivity contribution is -0.230. The van der Waals surface area contributed by atoms with E-state index in [0.717, 1.165) is 4.90 Å². The van der Waals surface area contributed by atoms with Crippen LogP contribution in [0, 0.1) is 0 Å². The van der Waals surface area contributed by atoms with Crippen LogP contribution in [-0.2, 0) is 21.9 Å². The largest absolute Gasteiger partial charge is 0.370 e. The summed E-state index contributed by atoms with van der Waals surface area (Å²) >= 11 is 0. The fourth-order valence-corrected chi connectivity index (χ4v) is 6.54. The molecule has 1 spiro atoms. The molecular weight excluding hydrogens is 518 g/mol. The molecule has 2 fully saturated rings. The van der Waals surface area contributed by atoms with Crippen LogP contribution in [0.1, 0.15) is 47.2 Å². The number of alkyl halides is 2. The summed E-state index contributed by atoms with van der Waals surface area (Å²) in [6.07, 6.45) is 0.389. The maximum absolute atomic E-state index is 14.8. The van der Waals surface area contributed by atoms with Crippen LogP contribution in [0.5, 0.6) is 0 Å². The van der Waals surface area contributed by atoms with Gasteiger partial charge in [0.2, 0.25) is 17.6 Å². The molecule has 1 aliphatic carbocycles. The zero-order valence-electron chi connectivity index (χ0n) is 20.7. The lowest BCUT2D eigenvalue weighted by Crippen LogP contribution is -2.78. The van der Waals surface area contributed by atoms with Gasteiger partial charge in [-0.25, -0.2) is 18.8 Å². The number of halogens is 2. The van der Waals surface area contributed by atoms with Crippen molar-refractivity contribution in [2.75, 3.05) is 13.1 Å². The number of rotatable bonds is 4. The number of aryl methyl sites for hydroxylation is 1. The molecule has 6 rings (SSSR count). The number of amides is 3. The van der Waals surface area contributed by atoms with E-state index in [1.54, 1.807) is 6.07 Å². The van der Waals surface area contributed by atoms with Crippen LogP contribution in [0.2, 0.25) is 0 Å². The van der Waals surface area contributed by atoms with Gasteiger partial charge in [-0.2, -0.15) is 0 Å². The minimum atomic E-state index is -3.21. The van der Waals surface area contributed by atoms with E-state index in [1.807, 2.05) is 0 Å². The number of hydrogen-bond donors (Lipinski definition) is 6. The van der Waals surface area contributed by atoms with Crippen LogP contribution in [0.25, 0.3) is 0 Å².